The molecule has 0 saturated carbocycles. The van der Waals surface area contributed by atoms with E-state index >= 15 is 0 Å². The highest BCUT2D eigenvalue weighted by Crippen LogP contribution is 2.35. The van der Waals surface area contributed by atoms with Gasteiger partial charge < -0.3 is 9.64 Å². The van der Waals surface area contributed by atoms with Crippen molar-refractivity contribution in [1.82, 2.24) is 14.9 Å². The summed E-state index contributed by atoms with van der Waals surface area (Å²) in [6, 6.07) is 13.7. The van der Waals surface area contributed by atoms with Crippen molar-refractivity contribution in [3.8, 4) is 17.1 Å². The van der Waals surface area contributed by atoms with E-state index in [1.54, 1.807) is 18.2 Å². The fraction of sp³-hybridized carbons (Fsp3) is 0.433. The minimum absolute atomic E-state index is 0.0171. The summed E-state index contributed by atoms with van der Waals surface area (Å²) in [4.78, 5) is 24.8. The third-order valence-electron chi connectivity index (χ3n) is 7.65. The molecule has 3 atom stereocenters. The van der Waals surface area contributed by atoms with Gasteiger partial charge >= 0.3 is 0 Å². The number of aryl methyl sites for hydroxylation is 2. The number of sulfonamides is 1. The largest absolute Gasteiger partial charge is 0.475 e. The van der Waals surface area contributed by atoms with E-state index in [0.717, 1.165) is 29.5 Å². The van der Waals surface area contributed by atoms with Crippen molar-refractivity contribution in [2.24, 2.45) is 17.8 Å². The van der Waals surface area contributed by atoms with Crippen LogP contribution in [0.2, 0.25) is 0 Å². The smallest absolute Gasteiger partial charge is 0.264 e. The van der Waals surface area contributed by atoms with Gasteiger partial charge in [-0.1, -0.05) is 45.0 Å². The predicted molar refractivity (Wildman–Crippen MR) is 151 cm³/mol. The lowest BCUT2D eigenvalue weighted by atomic mass is 9.79. The van der Waals surface area contributed by atoms with Crippen LogP contribution in [0.4, 0.5) is 5.95 Å². The van der Waals surface area contributed by atoms with Crippen LogP contribution in [0, 0.1) is 31.6 Å². The molecule has 4 bridgehead atoms. The first-order valence-corrected chi connectivity index (χ1v) is 15.0. The van der Waals surface area contributed by atoms with Crippen LogP contribution in [0.5, 0.6) is 5.88 Å². The lowest BCUT2D eigenvalue weighted by molar-refractivity contribution is 0.0183. The summed E-state index contributed by atoms with van der Waals surface area (Å²) in [6.07, 6.45) is 1.95. The van der Waals surface area contributed by atoms with Gasteiger partial charge in [0.1, 0.15) is 6.61 Å². The summed E-state index contributed by atoms with van der Waals surface area (Å²) in [5.74, 6) is 1.02. The van der Waals surface area contributed by atoms with Gasteiger partial charge in [0.05, 0.1) is 16.6 Å². The first-order chi connectivity index (χ1) is 18.5. The minimum atomic E-state index is -4.07. The lowest BCUT2D eigenvalue weighted by Crippen LogP contribution is -2.54. The molecular weight excluding hydrogens is 512 g/mol. The first-order valence-electron chi connectivity index (χ1n) is 13.5. The monoisotopic (exact) mass is 548 g/mol. The molecule has 39 heavy (non-hydrogen) atoms. The number of amides is 1. The summed E-state index contributed by atoms with van der Waals surface area (Å²) in [7, 11) is -4.07. The number of piperidine rings is 1. The van der Waals surface area contributed by atoms with Gasteiger partial charge in [-0.25, -0.2) is 18.1 Å². The number of hydrogen-bond donors (Lipinski definition) is 1. The second-order valence-corrected chi connectivity index (χ2v) is 13.1. The molecule has 0 aliphatic carbocycles. The average molecular weight is 549 g/mol. The van der Waals surface area contributed by atoms with E-state index in [9.17, 15) is 13.2 Å². The van der Waals surface area contributed by atoms with Crippen LogP contribution in [0.25, 0.3) is 11.3 Å². The Hall–Kier alpha value is -3.46. The molecule has 0 spiro atoms. The Morgan fingerprint density at radius 2 is 1.79 bits per heavy atom. The first kappa shape index (κ1) is 27.1. The summed E-state index contributed by atoms with van der Waals surface area (Å²) in [5, 5.41) is 0. The van der Waals surface area contributed by atoms with E-state index in [1.807, 2.05) is 36.9 Å². The molecule has 5 rings (SSSR count). The third kappa shape index (κ3) is 5.64. The Balaban J connectivity index is 1.67. The maximum atomic E-state index is 13.9. The number of carbonyl (C=O) groups is 1. The number of fused-ring (bicyclic) bond motifs is 5. The van der Waals surface area contributed by atoms with Gasteiger partial charge in [0.25, 0.3) is 15.9 Å². The van der Waals surface area contributed by atoms with Crippen molar-refractivity contribution in [3.05, 3.63) is 65.2 Å². The predicted octanol–water partition coefficient (Wildman–Crippen LogP) is 5.47. The van der Waals surface area contributed by atoms with Gasteiger partial charge in [-0.3, -0.25) is 4.79 Å². The van der Waals surface area contributed by atoms with Gasteiger partial charge in [0.15, 0.2) is 0 Å². The highest BCUT2D eigenvalue weighted by atomic mass is 32.2. The summed E-state index contributed by atoms with van der Waals surface area (Å²) < 4.78 is 35.7. The van der Waals surface area contributed by atoms with Crippen molar-refractivity contribution in [2.45, 2.75) is 58.4 Å². The standard InChI is InChI=1S/C30H36N4O4S/c1-18(2)12-23-13-19(3)16-34-26(23)17-38-27-15-25(28-20(4)8-6-9-21(28)5)31-30(32-27)33-39(36,37)24-11-7-10-22(14-24)29(34)35/h6-11,14-15,18-19,23,26H,12-13,16-17H2,1-5H3,(H,31,32,33)/t19?,23?,26-/m0/s1. The summed E-state index contributed by atoms with van der Waals surface area (Å²) >= 11 is 0. The molecule has 1 amide bonds. The Kier molecular flexibility index (Phi) is 7.37. The molecule has 1 saturated heterocycles. The fourth-order valence-corrected chi connectivity index (χ4v) is 6.98. The fourth-order valence-electron chi connectivity index (χ4n) is 6.00. The van der Waals surface area contributed by atoms with E-state index in [-0.39, 0.29) is 41.2 Å². The summed E-state index contributed by atoms with van der Waals surface area (Å²) in [6.45, 7) is 11.4. The Morgan fingerprint density at radius 1 is 1.08 bits per heavy atom. The molecule has 2 unspecified atom stereocenters. The van der Waals surface area contributed by atoms with Crippen LogP contribution < -0.4 is 9.46 Å². The Labute approximate surface area is 230 Å². The zero-order valence-corrected chi connectivity index (χ0v) is 24.0. The Bertz CT molecular complexity index is 1480. The average Bonchev–Trinajstić information content (AvgIpc) is 2.86. The van der Waals surface area contributed by atoms with E-state index < -0.39 is 10.0 Å². The van der Waals surface area contributed by atoms with Gasteiger partial charge in [-0.15, -0.1) is 0 Å². The van der Waals surface area contributed by atoms with Crippen LogP contribution in [0.3, 0.4) is 0 Å². The number of carbonyl (C=O) groups excluding carboxylic acids is 1. The van der Waals surface area contributed by atoms with Crippen molar-refractivity contribution < 1.29 is 17.9 Å². The number of hydrogen-bond acceptors (Lipinski definition) is 6. The number of nitrogens with one attached hydrogen (secondary N) is 1. The maximum absolute atomic E-state index is 13.9. The number of aromatic nitrogens is 2. The number of nitrogens with zero attached hydrogens (tertiary/aromatic N) is 3. The van der Waals surface area contributed by atoms with E-state index in [0.29, 0.717) is 29.6 Å². The molecule has 2 aromatic carbocycles. The van der Waals surface area contributed by atoms with Crippen LogP contribution >= 0.6 is 0 Å². The zero-order chi connectivity index (χ0) is 27.9. The number of anilines is 1. The molecule has 3 aromatic rings. The molecule has 2 aliphatic heterocycles. The summed E-state index contributed by atoms with van der Waals surface area (Å²) in [5.41, 5.74) is 3.82. The maximum Gasteiger partial charge on any atom is 0.264 e. The Morgan fingerprint density at radius 3 is 2.51 bits per heavy atom. The molecule has 1 fully saturated rings. The van der Waals surface area contributed by atoms with Crippen LogP contribution in [-0.4, -0.2) is 48.4 Å². The molecule has 0 radical (unpaired) electrons. The topological polar surface area (TPSA) is 101 Å². The van der Waals surface area contributed by atoms with Crippen LogP contribution in [-0.2, 0) is 10.0 Å². The normalized spacial score (nSPS) is 22.6. The van der Waals surface area contributed by atoms with Crippen LogP contribution in [0.15, 0.2) is 53.4 Å². The van der Waals surface area contributed by atoms with Crippen molar-refractivity contribution in [2.75, 3.05) is 17.9 Å². The highest BCUT2D eigenvalue weighted by molar-refractivity contribution is 7.92. The molecule has 2 aliphatic rings. The number of ether oxygens (including phenoxy) is 1. The second kappa shape index (κ2) is 10.6. The molecule has 8 nitrogen and oxygen atoms in total. The number of benzene rings is 2. The van der Waals surface area contributed by atoms with E-state index in [2.05, 4.69) is 35.5 Å². The quantitative estimate of drug-likeness (QED) is 0.466. The SMILES string of the molecule is Cc1cccc(C)c1-c1cc2nc(n1)NS(=O)(=O)c1cccc(c1)C(=O)N1CC(C)CC(CC(C)C)[C@@H]1CO2. The van der Waals surface area contributed by atoms with Crippen molar-refractivity contribution >= 4 is 21.9 Å². The van der Waals surface area contributed by atoms with Gasteiger partial charge in [0.2, 0.25) is 11.8 Å². The highest BCUT2D eigenvalue weighted by Gasteiger charge is 2.39. The molecule has 3 heterocycles. The van der Waals surface area contributed by atoms with Gasteiger partial charge in [-0.2, -0.15) is 4.98 Å². The molecule has 206 valence electrons. The van der Waals surface area contributed by atoms with E-state index in [4.69, 9.17) is 4.74 Å². The van der Waals surface area contributed by atoms with Crippen molar-refractivity contribution in [1.29, 1.82) is 0 Å². The zero-order valence-electron chi connectivity index (χ0n) is 23.1. The molecule has 1 N–H and O–H groups in total. The molecule has 9 heteroatoms. The van der Waals surface area contributed by atoms with Crippen molar-refractivity contribution in [3.63, 3.8) is 0 Å². The minimum Gasteiger partial charge on any atom is -0.475 e. The third-order valence-corrected chi connectivity index (χ3v) is 8.98. The molecule has 1 aromatic heterocycles. The van der Waals surface area contributed by atoms with E-state index in [1.165, 1.54) is 12.1 Å². The lowest BCUT2D eigenvalue weighted by Gasteiger charge is -2.44. The second-order valence-electron chi connectivity index (χ2n) is 11.4. The van der Waals surface area contributed by atoms with Gasteiger partial charge in [0, 0.05) is 23.7 Å². The van der Waals surface area contributed by atoms with Crippen LogP contribution in [0.1, 0.15) is 55.1 Å². The molecular formula is C30H36N4O4S. The van der Waals surface area contributed by atoms with Gasteiger partial charge in [-0.05, 0) is 73.8 Å². The number of rotatable bonds is 3.